The van der Waals surface area contributed by atoms with Crippen molar-refractivity contribution >= 4 is 34.6 Å². The van der Waals surface area contributed by atoms with Crippen molar-refractivity contribution in [3.8, 4) is 0 Å². The van der Waals surface area contributed by atoms with Crippen LogP contribution in [-0.4, -0.2) is 33.7 Å². The number of nitrogens with one attached hydrogen (secondary N) is 1. The summed E-state index contributed by atoms with van der Waals surface area (Å²) in [4.78, 5) is 33.5. The number of aromatic nitrogens is 2. The van der Waals surface area contributed by atoms with Crippen molar-refractivity contribution in [2.24, 2.45) is 0 Å². The second kappa shape index (κ2) is 6.13. The average Bonchev–Trinajstić information content (AvgIpc) is 3.07. The van der Waals surface area contributed by atoms with Gasteiger partial charge >= 0.3 is 11.7 Å². The number of methoxy groups -OCH3 is 1. The summed E-state index contributed by atoms with van der Waals surface area (Å²) in [6, 6.07) is 1.57. The van der Waals surface area contributed by atoms with E-state index in [1.807, 2.05) is 0 Å². The van der Waals surface area contributed by atoms with Gasteiger partial charge < -0.3 is 10.1 Å². The summed E-state index contributed by atoms with van der Waals surface area (Å²) in [7, 11) is 1.25. The number of carbonyl (C=O) groups excluding carboxylic acids is 2. The maximum absolute atomic E-state index is 11.8. The van der Waals surface area contributed by atoms with Crippen LogP contribution in [0.25, 0.3) is 0 Å². The number of thiophene rings is 1. The van der Waals surface area contributed by atoms with Crippen molar-refractivity contribution in [2.45, 2.75) is 6.54 Å². The molecule has 0 aliphatic carbocycles. The van der Waals surface area contributed by atoms with Crippen molar-refractivity contribution in [1.29, 1.82) is 0 Å². The number of anilines is 1. The minimum atomic E-state index is -0.602. The molecule has 2 aromatic heterocycles. The lowest BCUT2D eigenvalue weighted by Crippen LogP contribution is -2.20. The Balaban J connectivity index is 2.03. The van der Waals surface area contributed by atoms with Crippen LogP contribution in [0.1, 0.15) is 9.67 Å². The standard InChI is InChI=1S/C11H10N4O5S/c1-20-11(17)10-8(2-3-21-10)13-9(16)6-14-5-7(4-12-14)15(18)19/h2-5H,6H2,1H3,(H,13,16). The van der Waals surface area contributed by atoms with Gasteiger partial charge in [0.15, 0.2) is 0 Å². The maximum atomic E-state index is 11.8. The summed E-state index contributed by atoms with van der Waals surface area (Å²) in [5.41, 5.74) is 0.132. The molecule has 0 aliphatic heterocycles. The summed E-state index contributed by atoms with van der Waals surface area (Å²) in [5.74, 6) is -1.01. The van der Waals surface area contributed by atoms with E-state index in [2.05, 4.69) is 15.2 Å². The Hall–Kier alpha value is -2.75. The van der Waals surface area contributed by atoms with Crippen molar-refractivity contribution in [3.63, 3.8) is 0 Å². The zero-order valence-corrected chi connectivity index (χ0v) is 11.6. The van der Waals surface area contributed by atoms with Crippen LogP contribution < -0.4 is 5.32 Å². The first-order valence-corrected chi connectivity index (χ1v) is 6.51. The molecule has 0 atom stereocenters. The second-order valence-corrected chi connectivity index (χ2v) is 4.77. The minimum Gasteiger partial charge on any atom is -0.465 e. The minimum absolute atomic E-state index is 0.200. The molecular formula is C11H10N4O5S. The van der Waals surface area contributed by atoms with E-state index in [9.17, 15) is 19.7 Å². The van der Waals surface area contributed by atoms with E-state index >= 15 is 0 Å². The lowest BCUT2D eigenvalue weighted by molar-refractivity contribution is -0.385. The third kappa shape index (κ3) is 3.42. The van der Waals surface area contributed by atoms with Gasteiger partial charge in [-0.3, -0.25) is 19.6 Å². The van der Waals surface area contributed by atoms with Crippen LogP contribution in [0.4, 0.5) is 11.4 Å². The number of hydrogen-bond acceptors (Lipinski definition) is 7. The molecule has 0 spiro atoms. The monoisotopic (exact) mass is 310 g/mol. The van der Waals surface area contributed by atoms with Crippen LogP contribution in [-0.2, 0) is 16.1 Å². The van der Waals surface area contributed by atoms with Gasteiger partial charge in [-0.05, 0) is 11.4 Å². The molecule has 0 saturated heterocycles. The first-order chi connectivity index (χ1) is 10.0. The van der Waals surface area contributed by atoms with Gasteiger partial charge in [0, 0.05) is 0 Å². The van der Waals surface area contributed by atoms with Crippen molar-refractivity contribution in [1.82, 2.24) is 9.78 Å². The van der Waals surface area contributed by atoms with E-state index in [0.29, 0.717) is 5.69 Å². The number of nitro groups is 1. The van der Waals surface area contributed by atoms with Gasteiger partial charge in [0.2, 0.25) is 5.91 Å². The smallest absolute Gasteiger partial charge is 0.350 e. The predicted molar refractivity (Wildman–Crippen MR) is 73.2 cm³/mol. The number of nitrogens with zero attached hydrogens (tertiary/aromatic N) is 3. The van der Waals surface area contributed by atoms with Gasteiger partial charge in [-0.25, -0.2) is 4.79 Å². The molecule has 1 amide bonds. The van der Waals surface area contributed by atoms with E-state index in [0.717, 1.165) is 28.4 Å². The fourth-order valence-electron chi connectivity index (χ4n) is 1.53. The molecular weight excluding hydrogens is 300 g/mol. The molecule has 0 aliphatic rings. The third-order valence-electron chi connectivity index (χ3n) is 2.45. The Morgan fingerprint density at radius 2 is 2.33 bits per heavy atom. The number of ether oxygens (including phenoxy) is 1. The second-order valence-electron chi connectivity index (χ2n) is 3.86. The number of carbonyl (C=O) groups is 2. The fraction of sp³-hybridized carbons (Fsp3) is 0.182. The molecule has 110 valence electrons. The molecule has 21 heavy (non-hydrogen) atoms. The highest BCUT2D eigenvalue weighted by Gasteiger charge is 2.16. The van der Waals surface area contributed by atoms with Crippen molar-refractivity contribution < 1.29 is 19.2 Å². The van der Waals surface area contributed by atoms with Crippen LogP contribution in [0.2, 0.25) is 0 Å². The van der Waals surface area contributed by atoms with E-state index in [1.165, 1.54) is 7.11 Å². The van der Waals surface area contributed by atoms with E-state index in [1.54, 1.807) is 11.4 Å². The molecule has 0 unspecified atom stereocenters. The van der Waals surface area contributed by atoms with Crippen molar-refractivity contribution in [3.05, 3.63) is 38.8 Å². The molecule has 9 nitrogen and oxygen atoms in total. The van der Waals surface area contributed by atoms with E-state index in [4.69, 9.17) is 0 Å². The Morgan fingerprint density at radius 3 is 2.95 bits per heavy atom. The Bertz CT molecular complexity index is 692. The van der Waals surface area contributed by atoms with E-state index in [-0.39, 0.29) is 17.1 Å². The van der Waals surface area contributed by atoms with Crippen LogP contribution >= 0.6 is 11.3 Å². The first kappa shape index (κ1) is 14.7. The molecule has 10 heteroatoms. The lowest BCUT2D eigenvalue weighted by atomic mass is 10.3. The van der Waals surface area contributed by atoms with Gasteiger partial charge in [-0.1, -0.05) is 0 Å². The molecule has 2 rings (SSSR count). The number of amides is 1. The Labute approximate surface area is 122 Å². The topological polar surface area (TPSA) is 116 Å². The average molecular weight is 310 g/mol. The third-order valence-corrected chi connectivity index (χ3v) is 3.34. The SMILES string of the molecule is COC(=O)c1sccc1NC(=O)Cn1cc([N+](=O)[O-])cn1. The highest BCUT2D eigenvalue weighted by atomic mass is 32.1. The molecule has 1 N–H and O–H groups in total. The van der Waals surface area contributed by atoms with Crippen LogP contribution in [0.3, 0.4) is 0 Å². The van der Waals surface area contributed by atoms with Gasteiger partial charge in [0.05, 0.1) is 17.7 Å². The number of esters is 1. The Kier molecular flexibility index (Phi) is 4.28. The van der Waals surface area contributed by atoms with Gasteiger partial charge in [0.25, 0.3) is 0 Å². The summed E-state index contributed by atoms with van der Waals surface area (Å²) in [5, 5.41) is 18.4. The maximum Gasteiger partial charge on any atom is 0.350 e. The number of rotatable bonds is 5. The molecule has 0 aromatic carbocycles. The largest absolute Gasteiger partial charge is 0.465 e. The first-order valence-electron chi connectivity index (χ1n) is 5.63. The molecule has 0 radical (unpaired) electrons. The van der Waals surface area contributed by atoms with E-state index < -0.39 is 16.8 Å². The van der Waals surface area contributed by atoms with Gasteiger partial charge in [0.1, 0.15) is 23.8 Å². The van der Waals surface area contributed by atoms with Crippen LogP contribution in [0.15, 0.2) is 23.8 Å². The highest BCUT2D eigenvalue weighted by Crippen LogP contribution is 2.23. The summed E-state index contributed by atoms with van der Waals surface area (Å²) in [6.07, 6.45) is 2.20. The van der Waals surface area contributed by atoms with Gasteiger partial charge in [-0.15, -0.1) is 11.3 Å². The zero-order chi connectivity index (χ0) is 15.4. The molecule has 0 fully saturated rings. The molecule has 2 aromatic rings. The molecule has 0 bridgehead atoms. The summed E-state index contributed by atoms with van der Waals surface area (Å²) in [6.45, 7) is -0.204. The normalized spacial score (nSPS) is 10.1. The molecule has 0 saturated carbocycles. The summed E-state index contributed by atoms with van der Waals surface area (Å²) < 4.78 is 5.73. The predicted octanol–water partition coefficient (Wildman–Crippen LogP) is 1.28. The zero-order valence-electron chi connectivity index (χ0n) is 10.8. The number of hydrogen-bond donors (Lipinski definition) is 1. The quantitative estimate of drug-likeness (QED) is 0.505. The summed E-state index contributed by atoms with van der Waals surface area (Å²) >= 11 is 1.14. The molecule has 2 heterocycles. The van der Waals surface area contributed by atoms with Crippen LogP contribution in [0.5, 0.6) is 0 Å². The fourth-order valence-corrected chi connectivity index (χ4v) is 2.29. The highest BCUT2D eigenvalue weighted by molar-refractivity contribution is 7.12. The van der Waals surface area contributed by atoms with Gasteiger partial charge in [-0.2, -0.15) is 5.10 Å². The van der Waals surface area contributed by atoms with Crippen LogP contribution in [0, 0.1) is 10.1 Å². The van der Waals surface area contributed by atoms with Crippen molar-refractivity contribution in [2.75, 3.05) is 12.4 Å². The Morgan fingerprint density at radius 1 is 1.57 bits per heavy atom. The lowest BCUT2D eigenvalue weighted by Gasteiger charge is -2.05.